The molecule has 0 unspecified atom stereocenters. The summed E-state index contributed by atoms with van der Waals surface area (Å²) < 4.78 is 3.74. The fourth-order valence-electron chi connectivity index (χ4n) is 3.15. The summed E-state index contributed by atoms with van der Waals surface area (Å²) in [5, 5.41) is 5.62. The van der Waals surface area contributed by atoms with E-state index in [0.717, 1.165) is 27.7 Å². The molecule has 0 atom stereocenters. The molecule has 0 saturated carbocycles. The fourth-order valence-corrected chi connectivity index (χ4v) is 3.86. The van der Waals surface area contributed by atoms with Crippen molar-refractivity contribution >= 4 is 34.4 Å². The summed E-state index contributed by atoms with van der Waals surface area (Å²) in [6.45, 7) is 4.30. The Kier molecular flexibility index (Phi) is 4.37. The highest BCUT2D eigenvalue weighted by atomic mass is 32.1. The largest absolute Gasteiger partial charge is 0.364 e. The molecule has 3 aromatic heterocycles. The van der Waals surface area contributed by atoms with Crippen molar-refractivity contribution in [2.24, 2.45) is 5.73 Å². The Morgan fingerprint density at radius 1 is 1.26 bits per heavy atom. The third-order valence-corrected chi connectivity index (χ3v) is 5.32. The van der Waals surface area contributed by atoms with Crippen LogP contribution in [0.15, 0.2) is 54.3 Å². The maximum Gasteiger partial charge on any atom is 0.283 e. The number of aromatic nitrogens is 3. The van der Waals surface area contributed by atoms with E-state index in [4.69, 9.17) is 10.7 Å². The first kappa shape index (κ1) is 17.2. The molecule has 0 radical (unpaired) electrons. The van der Waals surface area contributed by atoms with Crippen molar-refractivity contribution in [1.29, 1.82) is 0 Å². The van der Waals surface area contributed by atoms with Crippen LogP contribution >= 0.6 is 11.3 Å². The van der Waals surface area contributed by atoms with E-state index >= 15 is 0 Å². The molecule has 0 fully saturated rings. The summed E-state index contributed by atoms with van der Waals surface area (Å²) in [6.07, 6.45) is 5.56. The number of aryl methyl sites for hydroxylation is 2. The molecule has 0 aliphatic heterocycles. The van der Waals surface area contributed by atoms with Gasteiger partial charge in [-0.25, -0.2) is 4.98 Å². The number of hydrogen-bond acceptors (Lipinski definition) is 4. The minimum atomic E-state index is -0.386. The molecule has 0 aliphatic carbocycles. The molecule has 0 bridgehead atoms. The quantitative estimate of drug-likeness (QED) is 0.524. The molecular formula is C20H20N5OS+. The van der Waals surface area contributed by atoms with E-state index < -0.39 is 0 Å². The van der Waals surface area contributed by atoms with Gasteiger partial charge >= 0.3 is 0 Å². The van der Waals surface area contributed by atoms with E-state index in [1.54, 1.807) is 15.9 Å². The number of para-hydroxylation sites is 1. The molecule has 4 rings (SSSR count). The van der Waals surface area contributed by atoms with Crippen LogP contribution in [0.25, 0.3) is 16.2 Å². The lowest BCUT2D eigenvalue weighted by atomic mass is 10.1. The first-order valence-corrected chi connectivity index (χ1v) is 9.47. The van der Waals surface area contributed by atoms with Crippen molar-refractivity contribution in [3.05, 3.63) is 65.4 Å². The summed E-state index contributed by atoms with van der Waals surface area (Å²) >= 11 is 1.64. The van der Waals surface area contributed by atoms with Crippen LogP contribution in [-0.4, -0.2) is 15.3 Å². The molecule has 136 valence electrons. The summed E-state index contributed by atoms with van der Waals surface area (Å²) in [7, 11) is 0. The lowest BCUT2D eigenvalue weighted by Gasteiger charge is -2.13. The van der Waals surface area contributed by atoms with Gasteiger partial charge in [-0.3, -0.25) is 9.20 Å². The predicted octanol–water partition coefficient (Wildman–Crippen LogP) is 3.20. The summed E-state index contributed by atoms with van der Waals surface area (Å²) in [5.74, 6) is 0.513. The Balaban J connectivity index is 1.89. The third-order valence-electron chi connectivity index (χ3n) is 4.44. The summed E-state index contributed by atoms with van der Waals surface area (Å²) in [4.78, 5) is 17.1. The van der Waals surface area contributed by atoms with Gasteiger partial charge in [-0.15, -0.1) is 11.3 Å². The molecule has 0 spiro atoms. The maximum absolute atomic E-state index is 11.2. The Morgan fingerprint density at radius 2 is 2.04 bits per heavy atom. The van der Waals surface area contributed by atoms with Gasteiger partial charge in [-0.2, -0.15) is 4.57 Å². The monoisotopic (exact) mass is 378 g/mol. The minimum Gasteiger partial charge on any atom is -0.364 e. The number of nitrogens with zero attached hydrogens (tertiary/aromatic N) is 3. The molecule has 0 saturated heterocycles. The normalized spacial score (nSPS) is 11.0. The second kappa shape index (κ2) is 6.85. The molecule has 3 N–H and O–H groups in total. The number of amides is 1. The lowest BCUT2D eigenvalue weighted by molar-refractivity contribution is -0.683. The van der Waals surface area contributed by atoms with E-state index in [1.165, 1.54) is 11.1 Å². The topological polar surface area (TPSA) is 76.3 Å². The number of thiophene rings is 1. The van der Waals surface area contributed by atoms with E-state index in [0.29, 0.717) is 0 Å². The second-order valence-electron chi connectivity index (χ2n) is 6.47. The van der Waals surface area contributed by atoms with Crippen molar-refractivity contribution in [1.82, 2.24) is 9.38 Å². The van der Waals surface area contributed by atoms with E-state index in [9.17, 15) is 4.79 Å². The van der Waals surface area contributed by atoms with Crippen molar-refractivity contribution < 1.29 is 9.36 Å². The zero-order valence-electron chi connectivity index (χ0n) is 15.1. The van der Waals surface area contributed by atoms with Crippen LogP contribution in [0, 0.1) is 13.8 Å². The molecule has 1 amide bonds. The fraction of sp³-hybridized carbons (Fsp3) is 0.150. The number of hydrogen-bond donors (Lipinski definition) is 2. The van der Waals surface area contributed by atoms with Gasteiger partial charge in [0.15, 0.2) is 6.20 Å². The zero-order chi connectivity index (χ0) is 19.0. The number of carbonyl (C=O) groups is 1. The molecule has 3 heterocycles. The van der Waals surface area contributed by atoms with Gasteiger partial charge in [-0.1, -0.05) is 24.3 Å². The Bertz CT molecular complexity index is 1110. The van der Waals surface area contributed by atoms with Gasteiger partial charge in [0.1, 0.15) is 11.5 Å². The number of nitrogens with two attached hydrogens (primary N) is 1. The van der Waals surface area contributed by atoms with Crippen LogP contribution in [0.1, 0.15) is 11.1 Å². The number of primary amides is 1. The number of benzene rings is 1. The molecule has 27 heavy (non-hydrogen) atoms. The van der Waals surface area contributed by atoms with Crippen molar-refractivity contribution in [3.63, 3.8) is 0 Å². The number of rotatable bonds is 5. The van der Waals surface area contributed by atoms with Crippen molar-refractivity contribution in [2.75, 3.05) is 5.32 Å². The first-order valence-electron chi connectivity index (χ1n) is 8.59. The Morgan fingerprint density at radius 3 is 2.70 bits per heavy atom. The van der Waals surface area contributed by atoms with Gasteiger partial charge in [0.05, 0.1) is 11.1 Å². The highest BCUT2D eigenvalue weighted by molar-refractivity contribution is 7.13. The SMILES string of the molecule is Cc1cccc(C)c1Nc1c(-c2cccs2)nc2c[n+](CC(N)=O)ccn12. The third kappa shape index (κ3) is 3.29. The van der Waals surface area contributed by atoms with Crippen LogP contribution < -0.4 is 15.6 Å². The Labute approximate surface area is 160 Å². The highest BCUT2D eigenvalue weighted by Crippen LogP contribution is 2.34. The van der Waals surface area contributed by atoms with Gasteiger partial charge < -0.3 is 11.1 Å². The highest BCUT2D eigenvalue weighted by Gasteiger charge is 2.19. The molecule has 1 aromatic carbocycles. The number of anilines is 2. The number of carbonyl (C=O) groups excluding carboxylic acids is 1. The van der Waals surface area contributed by atoms with Crippen LogP contribution in [0.3, 0.4) is 0 Å². The number of imidazole rings is 1. The summed E-state index contributed by atoms with van der Waals surface area (Å²) in [5.41, 5.74) is 10.4. The van der Waals surface area contributed by atoms with Crippen LogP contribution in [0.5, 0.6) is 0 Å². The van der Waals surface area contributed by atoms with E-state index in [2.05, 4.69) is 43.4 Å². The molecule has 7 heteroatoms. The van der Waals surface area contributed by atoms with Gasteiger partial charge in [0.2, 0.25) is 18.4 Å². The second-order valence-corrected chi connectivity index (χ2v) is 7.42. The van der Waals surface area contributed by atoms with Crippen LogP contribution in [-0.2, 0) is 11.3 Å². The van der Waals surface area contributed by atoms with Crippen molar-refractivity contribution in [2.45, 2.75) is 20.4 Å². The van der Waals surface area contributed by atoms with Gasteiger partial charge in [-0.05, 0) is 36.4 Å². The molecule has 0 aliphatic rings. The van der Waals surface area contributed by atoms with E-state index in [1.807, 2.05) is 34.4 Å². The lowest BCUT2D eigenvalue weighted by Crippen LogP contribution is -2.40. The average molecular weight is 378 g/mol. The molecule has 6 nitrogen and oxygen atoms in total. The van der Waals surface area contributed by atoms with Gasteiger partial charge in [0, 0.05) is 5.69 Å². The number of fused-ring (bicyclic) bond motifs is 1. The first-order chi connectivity index (χ1) is 13.0. The van der Waals surface area contributed by atoms with E-state index in [-0.39, 0.29) is 12.5 Å². The standard InChI is InChI=1S/C20H19N5OS/c1-13-5-3-6-14(2)18(13)23-20-19(15-7-4-10-27-15)22-17-12-24(11-16(21)26)8-9-25(17)20/h3-10,12H,11H2,1-2H3,(H2,21,26)/p+1. The zero-order valence-corrected chi connectivity index (χ0v) is 16.0. The van der Waals surface area contributed by atoms with Crippen LogP contribution in [0.4, 0.5) is 11.5 Å². The van der Waals surface area contributed by atoms with Gasteiger partial charge in [0.25, 0.3) is 5.91 Å². The predicted molar refractivity (Wildman–Crippen MR) is 107 cm³/mol. The maximum atomic E-state index is 11.2. The summed E-state index contributed by atoms with van der Waals surface area (Å²) in [6, 6.07) is 10.3. The average Bonchev–Trinajstić information content (AvgIpc) is 3.25. The minimum absolute atomic E-state index is 0.122. The van der Waals surface area contributed by atoms with Crippen LogP contribution in [0.2, 0.25) is 0 Å². The molecule has 4 aromatic rings. The van der Waals surface area contributed by atoms with Crippen molar-refractivity contribution in [3.8, 4) is 10.6 Å². The number of nitrogens with one attached hydrogen (secondary N) is 1. The molecular weight excluding hydrogens is 358 g/mol. The Hall–Kier alpha value is -3.19. The smallest absolute Gasteiger partial charge is 0.283 e.